The fourth-order valence-corrected chi connectivity index (χ4v) is 1.79. The Kier molecular flexibility index (Phi) is 5.42. The molecule has 1 N–H and O–H groups in total. The van der Waals surface area contributed by atoms with E-state index in [1.54, 1.807) is 12.1 Å². The molecular weight excluding hydrogens is 215 g/mol. The Morgan fingerprint density at radius 2 is 2.00 bits per heavy atom. The lowest BCUT2D eigenvalue weighted by molar-refractivity contribution is 0.478. The number of benzene rings is 1. The second-order valence-corrected chi connectivity index (χ2v) is 5.03. The molecule has 0 aliphatic heterocycles. The van der Waals surface area contributed by atoms with Crippen LogP contribution in [0.15, 0.2) is 24.3 Å². The van der Waals surface area contributed by atoms with Gasteiger partial charge in [0, 0.05) is 25.3 Å². The minimum absolute atomic E-state index is 0.178. The van der Waals surface area contributed by atoms with Gasteiger partial charge < -0.3 is 10.2 Å². The first-order valence-electron chi connectivity index (χ1n) is 6.19. The van der Waals surface area contributed by atoms with Crippen molar-refractivity contribution >= 4 is 5.69 Å². The molecule has 0 radical (unpaired) electrons. The lowest BCUT2D eigenvalue weighted by Gasteiger charge is -2.24. The van der Waals surface area contributed by atoms with E-state index < -0.39 is 0 Å². The molecule has 0 aromatic heterocycles. The summed E-state index contributed by atoms with van der Waals surface area (Å²) in [4.78, 5) is 2.09. The summed E-state index contributed by atoms with van der Waals surface area (Å²) in [5, 5.41) is 3.41. The highest BCUT2D eigenvalue weighted by Crippen LogP contribution is 2.15. The maximum absolute atomic E-state index is 13.1. The molecule has 1 unspecified atom stereocenters. The van der Waals surface area contributed by atoms with E-state index in [9.17, 15) is 4.39 Å². The number of anilines is 1. The molecule has 17 heavy (non-hydrogen) atoms. The number of rotatable bonds is 6. The van der Waals surface area contributed by atoms with Crippen LogP contribution in [0, 0.1) is 11.7 Å². The van der Waals surface area contributed by atoms with Gasteiger partial charge in [0.25, 0.3) is 0 Å². The van der Waals surface area contributed by atoms with Crippen LogP contribution < -0.4 is 10.2 Å². The van der Waals surface area contributed by atoms with Crippen LogP contribution in [-0.2, 0) is 0 Å². The maximum Gasteiger partial charge on any atom is 0.125 e. The Labute approximate surface area is 104 Å². The third-order valence-corrected chi connectivity index (χ3v) is 2.71. The normalized spacial score (nSPS) is 12.8. The van der Waals surface area contributed by atoms with Crippen molar-refractivity contribution in [3.8, 4) is 0 Å². The van der Waals surface area contributed by atoms with Crippen LogP contribution in [0.2, 0.25) is 0 Å². The standard InChI is InChI=1S/C14H23FN2/c1-11(2)16-9-12(3)10-17(4)14-7-5-6-13(15)8-14/h5-8,11-12,16H,9-10H2,1-4H3. The molecule has 0 aliphatic rings. The molecule has 0 saturated heterocycles. The number of halogens is 1. The number of hydrogen-bond donors (Lipinski definition) is 1. The Morgan fingerprint density at radius 1 is 1.29 bits per heavy atom. The van der Waals surface area contributed by atoms with Crippen molar-refractivity contribution in [3.05, 3.63) is 30.1 Å². The molecule has 0 spiro atoms. The first-order valence-corrected chi connectivity index (χ1v) is 6.19. The van der Waals surface area contributed by atoms with Crippen molar-refractivity contribution in [2.75, 3.05) is 25.0 Å². The first kappa shape index (κ1) is 14.0. The third-order valence-electron chi connectivity index (χ3n) is 2.71. The third kappa shape index (κ3) is 5.18. The minimum atomic E-state index is -0.178. The molecule has 0 fully saturated rings. The summed E-state index contributed by atoms with van der Waals surface area (Å²) in [7, 11) is 2.00. The van der Waals surface area contributed by atoms with Crippen LogP contribution in [0.3, 0.4) is 0 Å². The monoisotopic (exact) mass is 238 g/mol. The van der Waals surface area contributed by atoms with Gasteiger partial charge in [0.1, 0.15) is 5.82 Å². The van der Waals surface area contributed by atoms with Gasteiger partial charge in [-0.3, -0.25) is 0 Å². The highest BCUT2D eigenvalue weighted by Gasteiger charge is 2.08. The second-order valence-electron chi connectivity index (χ2n) is 5.03. The van der Waals surface area contributed by atoms with E-state index in [4.69, 9.17) is 0 Å². The molecule has 1 atom stereocenters. The average Bonchev–Trinajstić information content (AvgIpc) is 2.26. The number of hydrogen-bond acceptors (Lipinski definition) is 2. The Morgan fingerprint density at radius 3 is 2.59 bits per heavy atom. The topological polar surface area (TPSA) is 15.3 Å². The molecule has 1 aromatic carbocycles. The van der Waals surface area contributed by atoms with Crippen molar-refractivity contribution in [1.82, 2.24) is 5.32 Å². The molecule has 2 nitrogen and oxygen atoms in total. The largest absolute Gasteiger partial charge is 0.374 e. The Hall–Kier alpha value is -1.09. The highest BCUT2D eigenvalue weighted by atomic mass is 19.1. The summed E-state index contributed by atoms with van der Waals surface area (Å²) < 4.78 is 13.1. The zero-order valence-corrected chi connectivity index (χ0v) is 11.2. The van der Waals surface area contributed by atoms with E-state index in [0.29, 0.717) is 12.0 Å². The van der Waals surface area contributed by atoms with Gasteiger partial charge in [-0.2, -0.15) is 0 Å². The van der Waals surface area contributed by atoms with E-state index in [0.717, 1.165) is 18.8 Å². The number of nitrogens with zero attached hydrogens (tertiary/aromatic N) is 1. The van der Waals surface area contributed by atoms with Gasteiger partial charge in [0.15, 0.2) is 0 Å². The molecule has 96 valence electrons. The molecule has 0 bridgehead atoms. The van der Waals surface area contributed by atoms with Crippen molar-refractivity contribution in [2.24, 2.45) is 5.92 Å². The van der Waals surface area contributed by atoms with Crippen molar-refractivity contribution in [3.63, 3.8) is 0 Å². The molecule has 1 rings (SSSR count). The molecule has 3 heteroatoms. The van der Waals surface area contributed by atoms with Gasteiger partial charge in [-0.15, -0.1) is 0 Å². The zero-order valence-electron chi connectivity index (χ0n) is 11.2. The van der Waals surface area contributed by atoms with Crippen molar-refractivity contribution < 1.29 is 4.39 Å². The quantitative estimate of drug-likeness (QED) is 0.820. The van der Waals surface area contributed by atoms with Gasteiger partial charge in [0.05, 0.1) is 0 Å². The molecule has 0 aliphatic carbocycles. The minimum Gasteiger partial charge on any atom is -0.374 e. The SMILES string of the molecule is CC(CNC(C)C)CN(C)c1cccc(F)c1. The number of nitrogens with one attached hydrogen (secondary N) is 1. The summed E-state index contributed by atoms with van der Waals surface area (Å²) in [6.07, 6.45) is 0. The summed E-state index contributed by atoms with van der Waals surface area (Å²) in [5.74, 6) is 0.355. The summed E-state index contributed by atoms with van der Waals surface area (Å²) in [6.45, 7) is 8.39. The van der Waals surface area contributed by atoms with Crippen LogP contribution in [0.1, 0.15) is 20.8 Å². The van der Waals surface area contributed by atoms with Gasteiger partial charge >= 0.3 is 0 Å². The lowest BCUT2D eigenvalue weighted by Crippen LogP contribution is -2.34. The Balaban J connectivity index is 2.45. The predicted molar refractivity (Wildman–Crippen MR) is 72.0 cm³/mol. The molecule has 0 amide bonds. The fourth-order valence-electron chi connectivity index (χ4n) is 1.79. The highest BCUT2D eigenvalue weighted by molar-refractivity contribution is 5.45. The maximum atomic E-state index is 13.1. The molecule has 0 saturated carbocycles. The van der Waals surface area contributed by atoms with E-state index in [2.05, 4.69) is 31.0 Å². The van der Waals surface area contributed by atoms with Crippen LogP contribution in [0.5, 0.6) is 0 Å². The summed E-state index contributed by atoms with van der Waals surface area (Å²) >= 11 is 0. The van der Waals surface area contributed by atoms with Gasteiger partial charge in [-0.25, -0.2) is 4.39 Å². The van der Waals surface area contributed by atoms with E-state index in [-0.39, 0.29) is 5.82 Å². The van der Waals surface area contributed by atoms with Crippen molar-refractivity contribution in [2.45, 2.75) is 26.8 Å². The van der Waals surface area contributed by atoms with E-state index in [1.165, 1.54) is 6.07 Å². The molecule has 0 heterocycles. The van der Waals surface area contributed by atoms with Crippen LogP contribution >= 0.6 is 0 Å². The van der Waals surface area contributed by atoms with Crippen LogP contribution in [0.25, 0.3) is 0 Å². The average molecular weight is 238 g/mol. The van der Waals surface area contributed by atoms with E-state index in [1.807, 2.05) is 13.1 Å². The second kappa shape index (κ2) is 6.60. The van der Waals surface area contributed by atoms with Gasteiger partial charge in [-0.05, 0) is 30.7 Å². The smallest absolute Gasteiger partial charge is 0.125 e. The lowest BCUT2D eigenvalue weighted by atomic mass is 10.1. The molecular formula is C14H23FN2. The van der Waals surface area contributed by atoms with Crippen molar-refractivity contribution in [1.29, 1.82) is 0 Å². The van der Waals surface area contributed by atoms with Gasteiger partial charge in [-0.1, -0.05) is 26.8 Å². The van der Waals surface area contributed by atoms with Crippen LogP contribution in [0.4, 0.5) is 10.1 Å². The molecule has 1 aromatic rings. The van der Waals surface area contributed by atoms with Gasteiger partial charge in [0.2, 0.25) is 0 Å². The fraction of sp³-hybridized carbons (Fsp3) is 0.571. The first-order chi connectivity index (χ1) is 7.99. The Bertz CT molecular complexity index is 339. The zero-order chi connectivity index (χ0) is 12.8. The van der Waals surface area contributed by atoms with E-state index >= 15 is 0 Å². The predicted octanol–water partition coefficient (Wildman–Crippen LogP) is 2.90. The summed E-state index contributed by atoms with van der Waals surface area (Å²) in [5.41, 5.74) is 0.932. The summed E-state index contributed by atoms with van der Waals surface area (Å²) in [6, 6.07) is 7.24. The van der Waals surface area contributed by atoms with Crippen LogP contribution in [-0.4, -0.2) is 26.2 Å².